The predicted molar refractivity (Wildman–Crippen MR) is 93.5 cm³/mol. The Bertz CT molecular complexity index is 798. The molecule has 0 radical (unpaired) electrons. The standard InChI is InChI=1S/C16H16BrN3S/c1-9-7-13(21-10(9)2)15-14(16(18)20(3)19-15)11-5-4-6-12(17)8-11/h4-8H,18H2,1-3H3. The van der Waals surface area contributed by atoms with Gasteiger partial charge in [0.05, 0.1) is 10.4 Å². The number of anilines is 1. The number of hydrogen-bond donors (Lipinski definition) is 1. The molecule has 108 valence electrons. The number of thiophene rings is 1. The Kier molecular flexibility index (Phi) is 3.63. The van der Waals surface area contributed by atoms with Crippen LogP contribution in [-0.4, -0.2) is 9.78 Å². The van der Waals surface area contributed by atoms with Crippen molar-refractivity contribution in [1.82, 2.24) is 9.78 Å². The fourth-order valence-corrected chi connectivity index (χ4v) is 3.75. The number of nitrogen functional groups attached to an aromatic ring is 1. The maximum absolute atomic E-state index is 6.26. The highest BCUT2D eigenvalue weighted by Crippen LogP contribution is 2.40. The first-order valence-electron chi connectivity index (χ1n) is 6.63. The number of rotatable bonds is 2. The highest BCUT2D eigenvalue weighted by Gasteiger charge is 2.19. The van der Waals surface area contributed by atoms with Crippen LogP contribution in [0.5, 0.6) is 0 Å². The lowest BCUT2D eigenvalue weighted by Gasteiger charge is -2.04. The number of aryl methyl sites for hydroxylation is 3. The molecule has 0 aliphatic carbocycles. The summed E-state index contributed by atoms with van der Waals surface area (Å²) >= 11 is 5.28. The van der Waals surface area contributed by atoms with E-state index in [2.05, 4.69) is 53.1 Å². The molecular weight excluding hydrogens is 346 g/mol. The molecule has 3 nitrogen and oxygen atoms in total. The van der Waals surface area contributed by atoms with Crippen LogP contribution in [0.4, 0.5) is 5.82 Å². The summed E-state index contributed by atoms with van der Waals surface area (Å²) in [7, 11) is 1.88. The van der Waals surface area contributed by atoms with E-state index in [1.54, 1.807) is 16.0 Å². The van der Waals surface area contributed by atoms with Crippen molar-refractivity contribution in [2.45, 2.75) is 13.8 Å². The molecule has 0 atom stereocenters. The zero-order valence-electron chi connectivity index (χ0n) is 12.1. The minimum absolute atomic E-state index is 0.687. The number of halogens is 1. The van der Waals surface area contributed by atoms with E-state index in [1.165, 1.54) is 10.4 Å². The second-order valence-electron chi connectivity index (χ2n) is 5.09. The quantitative estimate of drug-likeness (QED) is 0.713. The SMILES string of the molecule is Cc1cc(-c2nn(C)c(N)c2-c2cccc(Br)c2)sc1C. The van der Waals surface area contributed by atoms with Crippen LogP contribution in [-0.2, 0) is 7.05 Å². The van der Waals surface area contributed by atoms with Gasteiger partial charge in [-0.25, -0.2) is 0 Å². The third kappa shape index (κ3) is 2.51. The van der Waals surface area contributed by atoms with Crippen molar-refractivity contribution < 1.29 is 0 Å². The Morgan fingerprint density at radius 3 is 2.62 bits per heavy atom. The number of hydrogen-bond acceptors (Lipinski definition) is 3. The Balaban J connectivity index is 2.25. The lowest BCUT2D eigenvalue weighted by Crippen LogP contribution is -1.97. The maximum Gasteiger partial charge on any atom is 0.129 e. The van der Waals surface area contributed by atoms with Gasteiger partial charge in [-0.1, -0.05) is 28.1 Å². The van der Waals surface area contributed by atoms with Gasteiger partial charge >= 0.3 is 0 Å². The second-order valence-corrected chi connectivity index (χ2v) is 7.26. The zero-order chi connectivity index (χ0) is 15.1. The second kappa shape index (κ2) is 5.31. The van der Waals surface area contributed by atoms with Gasteiger partial charge in [0.15, 0.2) is 0 Å². The van der Waals surface area contributed by atoms with E-state index >= 15 is 0 Å². The Morgan fingerprint density at radius 2 is 2.00 bits per heavy atom. The molecule has 0 saturated carbocycles. The summed E-state index contributed by atoms with van der Waals surface area (Å²) in [6, 6.07) is 10.3. The fourth-order valence-electron chi connectivity index (χ4n) is 2.33. The summed E-state index contributed by atoms with van der Waals surface area (Å²) in [5.41, 5.74) is 10.6. The van der Waals surface area contributed by atoms with Gasteiger partial charge < -0.3 is 5.73 Å². The van der Waals surface area contributed by atoms with Gasteiger partial charge in [-0.2, -0.15) is 5.10 Å². The van der Waals surface area contributed by atoms with E-state index in [9.17, 15) is 0 Å². The van der Waals surface area contributed by atoms with Crippen molar-refractivity contribution in [3.8, 4) is 21.7 Å². The van der Waals surface area contributed by atoms with E-state index in [4.69, 9.17) is 5.73 Å². The first-order chi connectivity index (χ1) is 9.97. The molecule has 0 unspecified atom stereocenters. The van der Waals surface area contributed by atoms with Crippen molar-refractivity contribution >= 4 is 33.1 Å². The molecule has 0 saturated heterocycles. The number of nitrogens with zero attached hydrogens (tertiary/aromatic N) is 2. The van der Waals surface area contributed by atoms with Crippen LogP contribution in [0.2, 0.25) is 0 Å². The summed E-state index contributed by atoms with van der Waals surface area (Å²) < 4.78 is 2.78. The molecule has 2 aromatic heterocycles. The van der Waals surface area contributed by atoms with Crippen LogP contribution in [0.1, 0.15) is 10.4 Å². The lowest BCUT2D eigenvalue weighted by atomic mass is 10.0. The molecule has 0 aliphatic heterocycles. The molecule has 5 heteroatoms. The van der Waals surface area contributed by atoms with Crippen molar-refractivity contribution in [2.75, 3.05) is 5.73 Å². The molecule has 2 heterocycles. The van der Waals surface area contributed by atoms with Crippen LogP contribution in [0, 0.1) is 13.8 Å². The van der Waals surface area contributed by atoms with E-state index in [1.807, 2.05) is 19.2 Å². The topological polar surface area (TPSA) is 43.8 Å². The van der Waals surface area contributed by atoms with Crippen LogP contribution in [0.3, 0.4) is 0 Å². The van der Waals surface area contributed by atoms with Crippen LogP contribution >= 0.6 is 27.3 Å². The van der Waals surface area contributed by atoms with Gasteiger partial charge in [-0.05, 0) is 43.2 Å². The Hall–Kier alpha value is -1.59. The number of aromatic nitrogens is 2. The molecule has 0 bridgehead atoms. The van der Waals surface area contributed by atoms with Crippen LogP contribution in [0.15, 0.2) is 34.8 Å². The lowest BCUT2D eigenvalue weighted by molar-refractivity contribution is 0.783. The molecule has 0 fully saturated rings. The van der Waals surface area contributed by atoms with Crippen molar-refractivity contribution in [1.29, 1.82) is 0 Å². The first-order valence-corrected chi connectivity index (χ1v) is 8.24. The molecule has 2 N–H and O–H groups in total. The van der Waals surface area contributed by atoms with Gasteiger partial charge in [0, 0.05) is 16.4 Å². The molecule has 3 rings (SSSR count). The predicted octanol–water partition coefficient (Wildman–Crippen LogP) is 4.78. The highest BCUT2D eigenvalue weighted by molar-refractivity contribution is 9.10. The minimum atomic E-state index is 0.687. The van der Waals surface area contributed by atoms with Crippen LogP contribution < -0.4 is 5.73 Å². The molecule has 1 aromatic carbocycles. The third-order valence-corrected chi connectivity index (χ3v) is 5.26. The average Bonchev–Trinajstić information content (AvgIpc) is 2.91. The minimum Gasteiger partial charge on any atom is -0.383 e. The number of benzene rings is 1. The van der Waals surface area contributed by atoms with Gasteiger partial charge in [0.25, 0.3) is 0 Å². The summed E-state index contributed by atoms with van der Waals surface area (Å²) in [6.45, 7) is 4.26. The monoisotopic (exact) mass is 361 g/mol. The Labute approximate surface area is 136 Å². The summed E-state index contributed by atoms with van der Waals surface area (Å²) in [5.74, 6) is 0.687. The molecule has 0 aliphatic rings. The van der Waals surface area contributed by atoms with Crippen molar-refractivity contribution in [3.05, 3.63) is 45.2 Å². The van der Waals surface area contributed by atoms with Gasteiger partial charge in [0.2, 0.25) is 0 Å². The summed E-state index contributed by atoms with van der Waals surface area (Å²) in [4.78, 5) is 2.47. The van der Waals surface area contributed by atoms with E-state index < -0.39 is 0 Å². The smallest absolute Gasteiger partial charge is 0.129 e. The molecule has 0 spiro atoms. The van der Waals surface area contributed by atoms with E-state index in [0.29, 0.717) is 5.82 Å². The first kappa shape index (κ1) is 14.4. The Morgan fingerprint density at radius 1 is 1.24 bits per heavy atom. The third-order valence-electron chi connectivity index (χ3n) is 3.60. The van der Waals surface area contributed by atoms with Gasteiger partial charge in [0.1, 0.15) is 11.5 Å². The van der Waals surface area contributed by atoms with E-state index in [-0.39, 0.29) is 0 Å². The average molecular weight is 362 g/mol. The maximum atomic E-state index is 6.26. The normalized spacial score (nSPS) is 11.0. The molecule has 21 heavy (non-hydrogen) atoms. The summed E-state index contributed by atoms with van der Waals surface area (Å²) in [6.07, 6.45) is 0. The number of nitrogens with two attached hydrogens (primary N) is 1. The molecular formula is C16H16BrN3S. The van der Waals surface area contributed by atoms with Crippen molar-refractivity contribution in [2.24, 2.45) is 7.05 Å². The van der Waals surface area contributed by atoms with Crippen molar-refractivity contribution in [3.63, 3.8) is 0 Å². The van der Waals surface area contributed by atoms with E-state index in [0.717, 1.165) is 26.2 Å². The van der Waals surface area contributed by atoms with Crippen LogP contribution in [0.25, 0.3) is 21.7 Å². The van der Waals surface area contributed by atoms with Gasteiger partial charge in [-0.15, -0.1) is 11.3 Å². The van der Waals surface area contributed by atoms with Gasteiger partial charge in [-0.3, -0.25) is 4.68 Å². The molecule has 0 amide bonds. The summed E-state index contributed by atoms with van der Waals surface area (Å²) in [5, 5.41) is 4.63. The largest absolute Gasteiger partial charge is 0.383 e. The molecule has 3 aromatic rings. The zero-order valence-corrected chi connectivity index (χ0v) is 14.5. The fraction of sp³-hybridized carbons (Fsp3) is 0.188. The highest BCUT2D eigenvalue weighted by atomic mass is 79.9.